The molecule has 0 heterocycles. The Kier molecular flexibility index (Phi) is 4.00. The SMILES string of the molecule is COc1ccc(Cl)cc1CNC(C)(C)C. The monoisotopic (exact) mass is 227 g/mol. The zero-order valence-corrected chi connectivity index (χ0v) is 10.5. The number of rotatable bonds is 3. The van der Waals surface area contributed by atoms with Gasteiger partial charge in [-0.25, -0.2) is 0 Å². The smallest absolute Gasteiger partial charge is 0.123 e. The van der Waals surface area contributed by atoms with E-state index in [1.54, 1.807) is 7.11 Å². The van der Waals surface area contributed by atoms with Crippen LogP contribution in [-0.4, -0.2) is 12.6 Å². The fourth-order valence-corrected chi connectivity index (χ4v) is 1.44. The Labute approximate surface area is 96.6 Å². The maximum absolute atomic E-state index is 5.94. The minimum Gasteiger partial charge on any atom is -0.496 e. The van der Waals surface area contributed by atoms with Crippen molar-refractivity contribution in [3.05, 3.63) is 28.8 Å². The van der Waals surface area contributed by atoms with Crippen LogP contribution in [-0.2, 0) is 6.54 Å². The summed E-state index contributed by atoms with van der Waals surface area (Å²) in [5.41, 5.74) is 1.17. The summed E-state index contributed by atoms with van der Waals surface area (Å²) in [5.74, 6) is 0.871. The Morgan fingerprint density at radius 1 is 1.33 bits per heavy atom. The topological polar surface area (TPSA) is 21.3 Å². The number of hydrogen-bond acceptors (Lipinski definition) is 2. The lowest BCUT2D eigenvalue weighted by Gasteiger charge is -2.21. The lowest BCUT2D eigenvalue weighted by Crippen LogP contribution is -2.35. The van der Waals surface area contributed by atoms with Crippen molar-refractivity contribution < 1.29 is 4.74 Å². The van der Waals surface area contributed by atoms with Crippen LogP contribution >= 0.6 is 11.6 Å². The molecule has 0 bridgehead atoms. The normalized spacial score (nSPS) is 11.5. The summed E-state index contributed by atoms with van der Waals surface area (Å²) < 4.78 is 5.27. The highest BCUT2D eigenvalue weighted by Gasteiger charge is 2.10. The van der Waals surface area contributed by atoms with Crippen LogP contribution in [0.15, 0.2) is 18.2 Å². The summed E-state index contributed by atoms with van der Waals surface area (Å²) in [5, 5.41) is 4.14. The van der Waals surface area contributed by atoms with Crippen molar-refractivity contribution in [1.82, 2.24) is 5.32 Å². The van der Waals surface area contributed by atoms with Gasteiger partial charge in [-0.2, -0.15) is 0 Å². The third kappa shape index (κ3) is 4.10. The number of methoxy groups -OCH3 is 1. The van der Waals surface area contributed by atoms with Crippen molar-refractivity contribution in [2.24, 2.45) is 0 Å². The summed E-state index contributed by atoms with van der Waals surface area (Å²) in [6.07, 6.45) is 0. The van der Waals surface area contributed by atoms with Gasteiger partial charge in [0.15, 0.2) is 0 Å². The van der Waals surface area contributed by atoms with E-state index in [2.05, 4.69) is 26.1 Å². The molecule has 0 unspecified atom stereocenters. The summed E-state index contributed by atoms with van der Waals surface area (Å²) >= 11 is 5.94. The van der Waals surface area contributed by atoms with E-state index in [4.69, 9.17) is 16.3 Å². The second-order valence-corrected chi connectivity index (χ2v) is 5.00. The molecule has 1 aromatic rings. The average Bonchev–Trinajstić information content (AvgIpc) is 2.14. The lowest BCUT2D eigenvalue weighted by atomic mass is 10.1. The van der Waals surface area contributed by atoms with E-state index in [1.807, 2.05) is 18.2 Å². The van der Waals surface area contributed by atoms with Crippen molar-refractivity contribution in [1.29, 1.82) is 0 Å². The van der Waals surface area contributed by atoms with Gasteiger partial charge >= 0.3 is 0 Å². The minimum atomic E-state index is 0.0906. The second-order valence-electron chi connectivity index (χ2n) is 4.56. The van der Waals surface area contributed by atoms with Gasteiger partial charge in [-0.1, -0.05) is 11.6 Å². The zero-order valence-electron chi connectivity index (χ0n) is 9.73. The quantitative estimate of drug-likeness (QED) is 0.856. The third-order valence-electron chi connectivity index (χ3n) is 2.05. The van der Waals surface area contributed by atoms with E-state index in [0.717, 1.165) is 22.9 Å². The van der Waals surface area contributed by atoms with Gasteiger partial charge in [-0.15, -0.1) is 0 Å². The van der Waals surface area contributed by atoms with E-state index >= 15 is 0 Å². The molecule has 0 radical (unpaired) electrons. The molecule has 0 aliphatic carbocycles. The van der Waals surface area contributed by atoms with Gasteiger partial charge in [0.05, 0.1) is 7.11 Å². The standard InChI is InChI=1S/C12H18ClNO/c1-12(2,3)14-8-9-7-10(13)5-6-11(9)15-4/h5-7,14H,8H2,1-4H3. The predicted molar refractivity (Wildman–Crippen MR) is 64.6 cm³/mol. The van der Waals surface area contributed by atoms with Gasteiger partial charge in [-0.05, 0) is 39.0 Å². The average molecular weight is 228 g/mol. The Bertz CT molecular complexity index is 331. The van der Waals surface area contributed by atoms with Gasteiger partial charge in [0.1, 0.15) is 5.75 Å². The number of halogens is 1. The van der Waals surface area contributed by atoms with Gasteiger partial charge in [-0.3, -0.25) is 0 Å². The molecule has 0 saturated carbocycles. The zero-order chi connectivity index (χ0) is 11.5. The van der Waals surface area contributed by atoms with Crippen molar-refractivity contribution >= 4 is 11.6 Å². The fourth-order valence-electron chi connectivity index (χ4n) is 1.25. The third-order valence-corrected chi connectivity index (χ3v) is 2.29. The molecule has 0 aliphatic heterocycles. The molecule has 1 N–H and O–H groups in total. The first kappa shape index (κ1) is 12.3. The molecule has 0 aliphatic rings. The van der Waals surface area contributed by atoms with Crippen molar-refractivity contribution in [3.63, 3.8) is 0 Å². The van der Waals surface area contributed by atoms with Crippen LogP contribution < -0.4 is 10.1 Å². The first-order valence-electron chi connectivity index (χ1n) is 5.00. The Balaban J connectivity index is 2.79. The van der Waals surface area contributed by atoms with Crippen LogP contribution in [0.3, 0.4) is 0 Å². The van der Waals surface area contributed by atoms with Crippen LogP contribution in [0.5, 0.6) is 5.75 Å². The summed E-state index contributed by atoms with van der Waals surface area (Å²) in [6.45, 7) is 7.14. The predicted octanol–water partition coefficient (Wildman–Crippen LogP) is 3.24. The lowest BCUT2D eigenvalue weighted by molar-refractivity contribution is 0.392. The minimum absolute atomic E-state index is 0.0906. The number of hydrogen-bond donors (Lipinski definition) is 1. The largest absolute Gasteiger partial charge is 0.496 e. The highest BCUT2D eigenvalue weighted by molar-refractivity contribution is 6.30. The molecule has 0 aromatic heterocycles. The van der Waals surface area contributed by atoms with Gasteiger partial charge in [0.2, 0.25) is 0 Å². The molecule has 3 heteroatoms. The fraction of sp³-hybridized carbons (Fsp3) is 0.500. The maximum Gasteiger partial charge on any atom is 0.123 e. The molecular formula is C12H18ClNO. The highest BCUT2D eigenvalue weighted by atomic mass is 35.5. The summed E-state index contributed by atoms with van der Waals surface area (Å²) in [6, 6.07) is 5.65. The van der Waals surface area contributed by atoms with E-state index in [1.165, 1.54) is 0 Å². The van der Waals surface area contributed by atoms with Gasteiger partial charge in [0.25, 0.3) is 0 Å². The van der Waals surface area contributed by atoms with Crippen molar-refractivity contribution in [2.75, 3.05) is 7.11 Å². The van der Waals surface area contributed by atoms with Gasteiger partial charge in [0, 0.05) is 22.7 Å². The molecule has 1 aromatic carbocycles. The van der Waals surface area contributed by atoms with E-state index in [0.29, 0.717) is 0 Å². The van der Waals surface area contributed by atoms with E-state index < -0.39 is 0 Å². The van der Waals surface area contributed by atoms with Crippen LogP contribution in [0, 0.1) is 0 Å². The summed E-state index contributed by atoms with van der Waals surface area (Å²) in [4.78, 5) is 0. The molecule has 15 heavy (non-hydrogen) atoms. The Morgan fingerprint density at radius 3 is 2.53 bits per heavy atom. The maximum atomic E-state index is 5.94. The van der Waals surface area contributed by atoms with Crippen LogP contribution in [0.1, 0.15) is 26.3 Å². The molecule has 0 fully saturated rings. The molecule has 0 saturated heterocycles. The molecule has 0 spiro atoms. The van der Waals surface area contributed by atoms with E-state index in [-0.39, 0.29) is 5.54 Å². The van der Waals surface area contributed by atoms with Crippen LogP contribution in [0.25, 0.3) is 0 Å². The first-order chi connectivity index (χ1) is 6.92. The molecule has 0 atom stereocenters. The van der Waals surface area contributed by atoms with Crippen LogP contribution in [0.4, 0.5) is 0 Å². The highest BCUT2D eigenvalue weighted by Crippen LogP contribution is 2.22. The first-order valence-corrected chi connectivity index (χ1v) is 5.37. The van der Waals surface area contributed by atoms with E-state index in [9.17, 15) is 0 Å². The molecular weight excluding hydrogens is 210 g/mol. The van der Waals surface area contributed by atoms with Crippen LogP contribution in [0.2, 0.25) is 5.02 Å². The second kappa shape index (κ2) is 4.86. The molecule has 2 nitrogen and oxygen atoms in total. The Morgan fingerprint density at radius 2 is 2.00 bits per heavy atom. The van der Waals surface area contributed by atoms with Gasteiger partial charge < -0.3 is 10.1 Å². The number of nitrogens with one attached hydrogen (secondary N) is 1. The van der Waals surface area contributed by atoms with Crippen molar-refractivity contribution in [2.45, 2.75) is 32.9 Å². The number of ether oxygens (including phenoxy) is 1. The van der Waals surface area contributed by atoms with Crippen molar-refractivity contribution in [3.8, 4) is 5.75 Å². The Hall–Kier alpha value is -0.730. The number of benzene rings is 1. The molecule has 84 valence electrons. The summed E-state index contributed by atoms with van der Waals surface area (Å²) in [7, 11) is 1.67. The molecule has 1 rings (SSSR count). The molecule has 0 amide bonds.